The average Bonchev–Trinajstić information content (AvgIpc) is 3.79. The van der Waals surface area contributed by atoms with E-state index in [9.17, 15) is 0 Å². The topological polar surface area (TPSA) is 65.0 Å². The largest absolute Gasteiger partial charge is 0.456 e. The van der Waals surface area contributed by atoms with Crippen molar-refractivity contribution < 1.29 is 8.83 Å². The molecule has 52 heavy (non-hydrogen) atoms. The second kappa shape index (κ2) is 11.2. The lowest BCUT2D eigenvalue weighted by molar-refractivity contribution is 0.668. The Kier molecular flexibility index (Phi) is 6.18. The van der Waals surface area contributed by atoms with E-state index >= 15 is 0 Å². The fourth-order valence-electron chi connectivity index (χ4n) is 7.55. The Hall–Kier alpha value is -7.11. The molecule has 3 aromatic heterocycles. The zero-order valence-corrected chi connectivity index (χ0v) is 27.7. The molecule has 11 rings (SSSR count). The van der Waals surface area contributed by atoms with Gasteiger partial charge in [0.1, 0.15) is 22.3 Å². The van der Waals surface area contributed by atoms with Crippen LogP contribution in [0.15, 0.2) is 173 Å². The smallest absolute Gasteiger partial charge is 0.164 e. The van der Waals surface area contributed by atoms with Crippen LogP contribution in [0.2, 0.25) is 0 Å². The third-order valence-corrected chi connectivity index (χ3v) is 10.1. The highest BCUT2D eigenvalue weighted by Gasteiger charge is 2.21. The van der Waals surface area contributed by atoms with E-state index in [1.807, 2.05) is 42.5 Å². The van der Waals surface area contributed by atoms with Gasteiger partial charge in [0.2, 0.25) is 0 Å². The molecule has 0 amide bonds. The van der Waals surface area contributed by atoms with Crippen LogP contribution in [0.4, 0.5) is 0 Å². The molecule has 0 radical (unpaired) electrons. The van der Waals surface area contributed by atoms with Gasteiger partial charge in [0.05, 0.1) is 0 Å². The summed E-state index contributed by atoms with van der Waals surface area (Å²) >= 11 is 0. The summed E-state index contributed by atoms with van der Waals surface area (Å²) in [6, 6.07) is 56.4. The minimum absolute atomic E-state index is 0.584. The Labute approximate surface area is 297 Å². The van der Waals surface area contributed by atoms with Gasteiger partial charge in [0.25, 0.3) is 0 Å². The Bertz CT molecular complexity index is 3110. The summed E-state index contributed by atoms with van der Waals surface area (Å²) in [5, 5.41) is 8.71. The summed E-state index contributed by atoms with van der Waals surface area (Å²) in [5.74, 6) is 1.81. The molecule has 3 heterocycles. The van der Waals surface area contributed by atoms with Crippen LogP contribution < -0.4 is 0 Å². The van der Waals surface area contributed by atoms with Crippen molar-refractivity contribution >= 4 is 65.4 Å². The monoisotopic (exact) mass is 665 g/mol. The Balaban J connectivity index is 1.16. The molecular formula is C47H27N3O2. The van der Waals surface area contributed by atoms with E-state index in [4.69, 9.17) is 23.8 Å². The maximum Gasteiger partial charge on any atom is 0.164 e. The molecule has 242 valence electrons. The Morgan fingerprint density at radius 1 is 0.327 bits per heavy atom. The predicted molar refractivity (Wildman–Crippen MR) is 211 cm³/mol. The van der Waals surface area contributed by atoms with Gasteiger partial charge in [-0.05, 0) is 75.6 Å². The lowest BCUT2D eigenvalue weighted by atomic mass is 9.97. The van der Waals surface area contributed by atoms with Gasteiger partial charge in [-0.1, -0.05) is 115 Å². The quantitative estimate of drug-likeness (QED) is 0.187. The molecule has 11 aromatic rings. The van der Waals surface area contributed by atoms with Crippen molar-refractivity contribution in [2.45, 2.75) is 0 Å². The maximum absolute atomic E-state index is 6.71. The number of hydrogen-bond donors (Lipinski definition) is 0. The number of hydrogen-bond acceptors (Lipinski definition) is 5. The Morgan fingerprint density at radius 3 is 1.54 bits per heavy atom. The van der Waals surface area contributed by atoms with Gasteiger partial charge in [-0.3, -0.25) is 0 Å². The molecule has 5 nitrogen and oxygen atoms in total. The summed E-state index contributed by atoms with van der Waals surface area (Å²) in [4.78, 5) is 15.5. The molecule has 5 heteroatoms. The molecule has 0 bridgehead atoms. The number of para-hydroxylation sites is 2. The zero-order valence-electron chi connectivity index (χ0n) is 27.7. The van der Waals surface area contributed by atoms with Crippen molar-refractivity contribution in [3.05, 3.63) is 164 Å². The summed E-state index contributed by atoms with van der Waals surface area (Å²) < 4.78 is 12.9. The first-order valence-electron chi connectivity index (χ1n) is 17.3. The molecule has 0 fully saturated rings. The van der Waals surface area contributed by atoms with Crippen LogP contribution >= 0.6 is 0 Å². The van der Waals surface area contributed by atoms with E-state index < -0.39 is 0 Å². The number of rotatable bonds is 4. The lowest BCUT2D eigenvalue weighted by Crippen LogP contribution is -2.00. The minimum Gasteiger partial charge on any atom is -0.456 e. The molecule has 0 saturated carbocycles. The number of nitrogens with zero attached hydrogens (tertiary/aromatic N) is 3. The van der Waals surface area contributed by atoms with Gasteiger partial charge >= 0.3 is 0 Å². The fourth-order valence-corrected chi connectivity index (χ4v) is 7.55. The van der Waals surface area contributed by atoms with Gasteiger partial charge in [-0.2, -0.15) is 0 Å². The van der Waals surface area contributed by atoms with Crippen LogP contribution in [0.3, 0.4) is 0 Å². The Morgan fingerprint density at radius 2 is 0.846 bits per heavy atom. The van der Waals surface area contributed by atoms with E-state index in [2.05, 4.69) is 121 Å². The normalized spacial score (nSPS) is 11.8. The van der Waals surface area contributed by atoms with Gasteiger partial charge in [0.15, 0.2) is 17.5 Å². The molecule has 0 atom stereocenters. The van der Waals surface area contributed by atoms with Crippen molar-refractivity contribution in [2.24, 2.45) is 0 Å². The third-order valence-electron chi connectivity index (χ3n) is 10.1. The number of fused-ring (bicyclic) bond motifs is 8. The average molecular weight is 666 g/mol. The molecule has 0 saturated heterocycles. The third kappa shape index (κ3) is 4.53. The van der Waals surface area contributed by atoms with Crippen molar-refractivity contribution in [3.63, 3.8) is 0 Å². The van der Waals surface area contributed by atoms with E-state index in [0.717, 1.165) is 82.5 Å². The summed E-state index contributed by atoms with van der Waals surface area (Å²) in [7, 11) is 0. The summed E-state index contributed by atoms with van der Waals surface area (Å²) in [6.45, 7) is 0. The second-order valence-corrected chi connectivity index (χ2v) is 13.2. The highest BCUT2D eigenvalue weighted by molar-refractivity contribution is 6.16. The maximum atomic E-state index is 6.71. The van der Waals surface area contributed by atoms with E-state index in [1.54, 1.807) is 0 Å². The van der Waals surface area contributed by atoms with Crippen LogP contribution in [0.25, 0.3) is 111 Å². The van der Waals surface area contributed by atoms with E-state index in [-0.39, 0.29) is 0 Å². The molecule has 8 aromatic carbocycles. The van der Waals surface area contributed by atoms with Crippen LogP contribution in [0, 0.1) is 0 Å². The number of benzene rings is 8. The van der Waals surface area contributed by atoms with Crippen LogP contribution in [-0.2, 0) is 0 Å². The van der Waals surface area contributed by atoms with Gasteiger partial charge < -0.3 is 8.83 Å². The molecule has 0 N–H and O–H groups in total. The first-order valence-corrected chi connectivity index (χ1v) is 17.3. The van der Waals surface area contributed by atoms with E-state index in [1.165, 1.54) is 10.8 Å². The molecule has 0 aliphatic rings. The van der Waals surface area contributed by atoms with E-state index in [0.29, 0.717) is 17.5 Å². The SMILES string of the molecule is c1ccc2cc(-c3nc(-c4ccc5ccccc5c4)nc(-c4ccc(-c5ccc6oc7ccccc7c6c5)c5oc6ccccc6c45)n3)ccc2c1. The summed E-state index contributed by atoms with van der Waals surface area (Å²) in [5.41, 5.74) is 8.08. The minimum atomic E-state index is 0.584. The van der Waals surface area contributed by atoms with Gasteiger partial charge in [0, 0.05) is 43.8 Å². The summed E-state index contributed by atoms with van der Waals surface area (Å²) in [6.07, 6.45) is 0. The zero-order chi connectivity index (χ0) is 34.2. The van der Waals surface area contributed by atoms with Crippen LogP contribution in [0.1, 0.15) is 0 Å². The highest BCUT2D eigenvalue weighted by atomic mass is 16.3. The van der Waals surface area contributed by atoms with Crippen molar-refractivity contribution in [3.8, 4) is 45.3 Å². The number of furan rings is 2. The van der Waals surface area contributed by atoms with Crippen molar-refractivity contribution in [1.29, 1.82) is 0 Å². The second-order valence-electron chi connectivity index (χ2n) is 13.2. The fraction of sp³-hybridized carbons (Fsp3) is 0. The molecular weight excluding hydrogens is 639 g/mol. The van der Waals surface area contributed by atoms with Crippen LogP contribution in [-0.4, -0.2) is 15.0 Å². The molecule has 0 aliphatic carbocycles. The van der Waals surface area contributed by atoms with Gasteiger partial charge in [-0.25, -0.2) is 15.0 Å². The molecule has 0 aliphatic heterocycles. The van der Waals surface area contributed by atoms with Gasteiger partial charge in [-0.15, -0.1) is 0 Å². The van der Waals surface area contributed by atoms with Crippen LogP contribution in [0.5, 0.6) is 0 Å². The van der Waals surface area contributed by atoms with Crippen molar-refractivity contribution in [1.82, 2.24) is 15.0 Å². The standard InChI is InChI=1S/C47H27N3O2/c1-3-11-30-25-33(19-17-28(30)9-1)45-48-46(34-20-18-29-10-2-4-12-31(29)26-34)50-47(49-45)38-23-22-35(44-43(38)37-14-6-8-16-41(37)52-44)32-21-24-42-39(27-32)36-13-5-7-15-40(36)51-42/h1-27H. The highest BCUT2D eigenvalue weighted by Crippen LogP contribution is 2.43. The first-order chi connectivity index (χ1) is 25.7. The predicted octanol–water partition coefficient (Wildman–Crippen LogP) is 12.6. The molecule has 0 spiro atoms. The number of aromatic nitrogens is 3. The van der Waals surface area contributed by atoms with Crippen molar-refractivity contribution in [2.75, 3.05) is 0 Å². The molecule has 0 unspecified atom stereocenters. The lowest BCUT2D eigenvalue weighted by Gasteiger charge is -2.11. The first kappa shape index (κ1) is 28.7.